The van der Waals surface area contributed by atoms with Crippen LogP contribution in [0.3, 0.4) is 0 Å². The lowest BCUT2D eigenvalue weighted by atomic mass is 9.88. The number of aryl methyl sites for hydroxylation is 2. The average molecular weight is 415 g/mol. The quantitative estimate of drug-likeness (QED) is 0.431. The SMILES string of the molecule is Cc1ccccc1N[C@H]1C[C@H](C)N(C(=O)c2cccc([N+](=O)[O-])c2)c2c(C)cccc21. The molecule has 3 aromatic rings. The number of non-ortho nitro benzene ring substituents is 1. The second-order valence-corrected chi connectivity index (χ2v) is 8.09. The van der Waals surface area contributed by atoms with E-state index in [1.807, 2.05) is 38.1 Å². The fourth-order valence-electron chi connectivity index (χ4n) is 4.34. The molecule has 4 rings (SSSR count). The van der Waals surface area contributed by atoms with Gasteiger partial charge in [0.15, 0.2) is 0 Å². The summed E-state index contributed by atoms with van der Waals surface area (Å²) in [6.45, 7) is 6.09. The molecular weight excluding hydrogens is 390 g/mol. The molecule has 0 aliphatic carbocycles. The Bertz CT molecular complexity index is 1160. The van der Waals surface area contributed by atoms with Gasteiger partial charge in [-0.25, -0.2) is 0 Å². The summed E-state index contributed by atoms with van der Waals surface area (Å²) < 4.78 is 0. The molecule has 1 N–H and O–H groups in total. The van der Waals surface area contributed by atoms with Crippen LogP contribution >= 0.6 is 0 Å². The van der Waals surface area contributed by atoms with E-state index in [9.17, 15) is 14.9 Å². The molecule has 3 aromatic carbocycles. The van der Waals surface area contributed by atoms with Crippen LogP contribution < -0.4 is 10.2 Å². The van der Waals surface area contributed by atoms with Crippen LogP contribution in [-0.2, 0) is 0 Å². The minimum atomic E-state index is -0.474. The third-order valence-electron chi connectivity index (χ3n) is 5.90. The van der Waals surface area contributed by atoms with E-state index in [4.69, 9.17) is 0 Å². The van der Waals surface area contributed by atoms with Crippen LogP contribution in [0.1, 0.15) is 46.4 Å². The van der Waals surface area contributed by atoms with Gasteiger partial charge in [0.1, 0.15) is 0 Å². The van der Waals surface area contributed by atoms with Gasteiger partial charge in [-0.15, -0.1) is 0 Å². The molecular formula is C25H25N3O3. The van der Waals surface area contributed by atoms with Crippen LogP contribution in [-0.4, -0.2) is 16.9 Å². The maximum atomic E-state index is 13.5. The normalized spacial score (nSPS) is 17.7. The van der Waals surface area contributed by atoms with Gasteiger partial charge in [0.05, 0.1) is 16.7 Å². The number of hydrogen-bond acceptors (Lipinski definition) is 4. The summed E-state index contributed by atoms with van der Waals surface area (Å²) >= 11 is 0. The lowest BCUT2D eigenvalue weighted by Gasteiger charge is -2.41. The van der Waals surface area contributed by atoms with Crippen molar-refractivity contribution in [3.63, 3.8) is 0 Å². The van der Waals surface area contributed by atoms with Gasteiger partial charge in [0.2, 0.25) is 0 Å². The Morgan fingerprint density at radius 1 is 1.03 bits per heavy atom. The van der Waals surface area contributed by atoms with Crippen molar-refractivity contribution in [3.8, 4) is 0 Å². The number of carbonyl (C=O) groups is 1. The number of nitrogens with zero attached hydrogens (tertiary/aromatic N) is 2. The van der Waals surface area contributed by atoms with E-state index in [1.54, 1.807) is 17.0 Å². The zero-order valence-electron chi connectivity index (χ0n) is 17.8. The van der Waals surface area contributed by atoms with Gasteiger partial charge >= 0.3 is 0 Å². The molecule has 0 fully saturated rings. The van der Waals surface area contributed by atoms with E-state index in [2.05, 4.69) is 30.4 Å². The Kier molecular flexibility index (Phi) is 5.46. The van der Waals surface area contributed by atoms with Gasteiger partial charge in [0, 0.05) is 29.4 Å². The molecule has 0 aromatic heterocycles. The average Bonchev–Trinajstić information content (AvgIpc) is 2.75. The number of hydrogen-bond donors (Lipinski definition) is 1. The standard InChI is InChI=1S/C25H25N3O3/c1-16-8-4-5-13-22(16)26-23-14-18(3)27(24-17(2)9-6-12-21(23)24)25(29)19-10-7-11-20(15-19)28(30)31/h4-13,15,18,23,26H,14H2,1-3H3/t18-,23-/m0/s1. The van der Waals surface area contributed by atoms with E-state index in [0.29, 0.717) is 5.56 Å². The van der Waals surface area contributed by atoms with Crippen molar-refractivity contribution >= 4 is 23.0 Å². The maximum Gasteiger partial charge on any atom is 0.270 e. The molecule has 0 radical (unpaired) electrons. The molecule has 0 spiro atoms. The molecule has 1 amide bonds. The van der Waals surface area contributed by atoms with E-state index >= 15 is 0 Å². The third kappa shape index (κ3) is 3.89. The number of nitro benzene ring substituents is 1. The number of carbonyl (C=O) groups excluding carboxylic acids is 1. The zero-order valence-corrected chi connectivity index (χ0v) is 17.8. The van der Waals surface area contributed by atoms with Gasteiger partial charge in [0.25, 0.3) is 11.6 Å². The first-order valence-electron chi connectivity index (χ1n) is 10.4. The highest BCUT2D eigenvalue weighted by Gasteiger charge is 2.35. The first-order chi connectivity index (χ1) is 14.9. The number of anilines is 2. The summed E-state index contributed by atoms with van der Waals surface area (Å²) in [5, 5.41) is 14.8. The van der Waals surface area contributed by atoms with Crippen molar-refractivity contribution in [1.82, 2.24) is 0 Å². The molecule has 6 nitrogen and oxygen atoms in total. The molecule has 1 aliphatic heterocycles. The Balaban J connectivity index is 1.75. The van der Waals surface area contributed by atoms with Crippen molar-refractivity contribution in [2.24, 2.45) is 0 Å². The molecule has 0 saturated heterocycles. The number of para-hydroxylation sites is 2. The Hall–Kier alpha value is -3.67. The van der Waals surface area contributed by atoms with E-state index in [0.717, 1.165) is 28.9 Å². The van der Waals surface area contributed by atoms with E-state index in [-0.39, 0.29) is 23.7 Å². The van der Waals surface area contributed by atoms with Crippen molar-refractivity contribution in [2.75, 3.05) is 10.2 Å². The number of nitro groups is 1. The van der Waals surface area contributed by atoms with Gasteiger partial charge in [-0.3, -0.25) is 14.9 Å². The summed E-state index contributed by atoms with van der Waals surface area (Å²) in [6, 6.07) is 20.1. The lowest BCUT2D eigenvalue weighted by molar-refractivity contribution is -0.384. The van der Waals surface area contributed by atoms with E-state index in [1.165, 1.54) is 17.7 Å². The number of nitrogens with one attached hydrogen (secondary N) is 1. The molecule has 158 valence electrons. The maximum absolute atomic E-state index is 13.5. The molecule has 6 heteroatoms. The van der Waals surface area contributed by atoms with Crippen molar-refractivity contribution < 1.29 is 9.72 Å². The highest BCUT2D eigenvalue weighted by Crippen LogP contribution is 2.42. The molecule has 0 unspecified atom stereocenters. The molecule has 1 aliphatic rings. The smallest absolute Gasteiger partial charge is 0.270 e. The molecule has 31 heavy (non-hydrogen) atoms. The Labute approximate surface area is 181 Å². The minimum Gasteiger partial charge on any atom is -0.378 e. The Morgan fingerprint density at radius 3 is 2.48 bits per heavy atom. The minimum absolute atomic E-state index is 0.0557. The molecule has 0 saturated carbocycles. The summed E-state index contributed by atoms with van der Waals surface area (Å²) in [7, 11) is 0. The van der Waals surface area contributed by atoms with Crippen LogP contribution in [0.2, 0.25) is 0 Å². The predicted octanol–water partition coefficient (Wildman–Crippen LogP) is 5.80. The van der Waals surface area contributed by atoms with Gasteiger partial charge < -0.3 is 10.2 Å². The van der Waals surface area contributed by atoms with Crippen LogP contribution in [0, 0.1) is 24.0 Å². The fourth-order valence-corrected chi connectivity index (χ4v) is 4.34. The van der Waals surface area contributed by atoms with Crippen LogP contribution in [0.25, 0.3) is 0 Å². The first-order valence-corrected chi connectivity index (χ1v) is 10.4. The number of rotatable bonds is 4. The molecule has 1 heterocycles. The van der Waals surface area contributed by atoms with Gasteiger partial charge in [-0.1, -0.05) is 42.5 Å². The van der Waals surface area contributed by atoms with Crippen LogP contribution in [0.5, 0.6) is 0 Å². The fraction of sp³-hybridized carbons (Fsp3) is 0.240. The zero-order chi connectivity index (χ0) is 22.1. The highest BCUT2D eigenvalue weighted by atomic mass is 16.6. The largest absolute Gasteiger partial charge is 0.378 e. The summed E-state index contributed by atoms with van der Waals surface area (Å²) in [6.07, 6.45) is 0.728. The highest BCUT2D eigenvalue weighted by molar-refractivity contribution is 6.08. The molecule has 0 bridgehead atoms. The number of benzene rings is 3. The monoisotopic (exact) mass is 415 g/mol. The van der Waals surface area contributed by atoms with Crippen molar-refractivity contribution in [2.45, 2.75) is 39.3 Å². The topological polar surface area (TPSA) is 75.5 Å². The third-order valence-corrected chi connectivity index (χ3v) is 5.90. The lowest BCUT2D eigenvalue weighted by Crippen LogP contribution is -2.44. The predicted molar refractivity (Wildman–Crippen MR) is 123 cm³/mol. The second kappa shape index (κ2) is 8.22. The second-order valence-electron chi connectivity index (χ2n) is 8.09. The Morgan fingerprint density at radius 2 is 1.74 bits per heavy atom. The first kappa shape index (κ1) is 20.6. The number of amides is 1. The van der Waals surface area contributed by atoms with Crippen molar-refractivity contribution in [1.29, 1.82) is 0 Å². The summed E-state index contributed by atoms with van der Waals surface area (Å²) in [5.41, 5.74) is 5.41. The van der Waals surface area contributed by atoms with E-state index < -0.39 is 4.92 Å². The van der Waals surface area contributed by atoms with Crippen LogP contribution in [0.4, 0.5) is 17.1 Å². The number of fused-ring (bicyclic) bond motifs is 1. The van der Waals surface area contributed by atoms with Gasteiger partial charge in [-0.05, 0) is 56.0 Å². The van der Waals surface area contributed by atoms with Crippen molar-refractivity contribution in [3.05, 3.63) is 99.1 Å². The molecule has 2 atom stereocenters. The van der Waals surface area contributed by atoms with Gasteiger partial charge in [-0.2, -0.15) is 0 Å². The summed E-state index contributed by atoms with van der Waals surface area (Å²) in [5.74, 6) is -0.221. The summed E-state index contributed by atoms with van der Waals surface area (Å²) in [4.78, 5) is 26.0. The van der Waals surface area contributed by atoms with Crippen LogP contribution in [0.15, 0.2) is 66.7 Å².